The molecule has 0 radical (unpaired) electrons. The van der Waals surface area contributed by atoms with Gasteiger partial charge in [-0.3, -0.25) is 4.79 Å². The Balaban J connectivity index is 1.92. The van der Waals surface area contributed by atoms with E-state index in [1.807, 2.05) is 23.9 Å². The van der Waals surface area contributed by atoms with E-state index in [2.05, 4.69) is 98.5 Å². The van der Waals surface area contributed by atoms with Crippen molar-refractivity contribution in [3.05, 3.63) is 108 Å². The number of carbonyl (C=O) groups is 1. The van der Waals surface area contributed by atoms with Crippen LogP contribution in [0.4, 0.5) is 0 Å². The second-order valence-electron chi connectivity index (χ2n) is 9.09. The van der Waals surface area contributed by atoms with Crippen LogP contribution in [0, 0.1) is 0 Å². The van der Waals surface area contributed by atoms with Crippen molar-refractivity contribution in [3.8, 4) is 0 Å². The summed E-state index contributed by atoms with van der Waals surface area (Å²) in [6.07, 6.45) is 0. The Hall–Kier alpha value is -1.03. The number of fused-ring (bicyclic) bond motifs is 2. The van der Waals surface area contributed by atoms with Crippen molar-refractivity contribution < 1.29 is 4.79 Å². The molecule has 4 atom stereocenters. The lowest BCUT2D eigenvalue weighted by atomic mass is 9.90. The van der Waals surface area contributed by atoms with Crippen LogP contribution in [0.5, 0.6) is 0 Å². The van der Waals surface area contributed by atoms with E-state index in [1.165, 1.54) is 17.3 Å². The third-order valence-corrected chi connectivity index (χ3v) is 21.6. The molecule has 3 aromatic carbocycles. The fourth-order valence-corrected chi connectivity index (χ4v) is 23.7. The van der Waals surface area contributed by atoms with Crippen molar-refractivity contribution in [2.24, 2.45) is 0 Å². The highest BCUT2D eigenvalue weighted by Crippen LogP contribution is 2.97. The molecule has 2 fully saturated rings. The quantitative estimate of drug-likeness (QED) is 0.267. The van der Waals surface area contributed by atoms with Crippen LogP contribution in [0.3, 0.4) is 0 Å². The van der Waals surface area contributed by atoms with Gasteiger partial charge in [0.1, 0.15) is 8.57 Å². The Labute approximate surface area is 199 Å². The molecule has 2 heterocycles. The molecular weight excluding hydrogens is 475 g/mol. The van der Waals surface area contributed by atoms with Gasteiger partial charge in [0.15, 0.2) is 0 Å². The molecule has 0 amide bonds. The number of carbonyl (C=O) groups excluding carboxylic acids is 1. The molecule has 6 heteroatoms. The highest BCUT2D eigenvalue weighted by molar-refractivity contribution is 8.39. The summed E-state index contributed by atoms with van der Waals surface area (Å²) in [5, 5.41) is 0.248. The maximum atomic E-state index is 14.2. The molecule has 2 aliphatic rings. The molecule has 31 heavy (non-hydrogen) atoms. The summed E-state index contributed by atoms with van der Waals surface area (Å²) in [5.41, 5.74) is 3.47. The van der Waals surface area contributed by atoms with Crippen LogP contribution in [-0.4, -0.2) is 13.2 Å². The van der Waals surface area contributed by atoms with Crippen molar-refractivity contribution in [2.75, 3.05) is 0 Å². The van der Waals surface area contributed by atoms with E-state index in [4.69, 9.17) is 11.2 Å². The van der Waals surface area contributed by atoms with E-state index in [0.29, 0.717) is 0 Å². The summed E-state index contributed by atoms with van der Waals surface area (Å²) >= 11 is 11.0. The minimum absolute atomic E-state index is 0.248. The van der Waals surface area contributed by atoms with E-state index in [1.54, 1.807) is 0 Å². The van der Waals surface area contributed by atoms with Crippen LogP contribution in [0.2, 0.25) is 19.6 Å². The molecule has 2 unspecified atom stereocenters. The lowest BCUT2D eigenvalue weighted by Crippen LogP contribution is -2.60. The minimum Gasteiger partial charge on any atom is -0.285 e. The number of hydrogen-bond donors (Lipinski definition) is 0. The highest BCUT2D eigenvalue weighted by atomic mass is 35.7. The Morgan fingerprint density at radius 3 is 1.68 bits per heavy atom. The largest absolute Gasteiger partial charge is 0.285 e. The molecule has 158 valence electrons. The van der Waals surface area contributed by atoms with Crippen LogP contribution in [-0.2, 0) is 18.1 Å². The van der Waals surface area contributed by atoms with Crippen LogP contribution < -0.4 is 0 Å². The summed E-state index contributed by atoms with van der Waals surface area (Å²) in [5.74, 6) is 0. The lowest BCUT2D eigenvalue weighted by molar-refractivity contribution is -0.113. The van der Waals surface area contributed by atoms with Crippen molar-refractivity contribution in [3.63, 3.8) is 0 Å². The highest BCUT2D eigenvalue weighted by Gasteiger charge is 2.82. The zero-order valence-corrected chi connectivity index (χ0v) is 22.0. The van der Waals surface area contributed by atoms with E-state index in [9.17, 15) is 4.79 Å². The lowest BCUT2D eigenvalue weighted by Gasteiger charge is -2.55. The van der Waals surface area contributed by atoms with E-state index in [0.717, 1.165) is 11.1 Å². The van der Waals surface area contributed by atoms with Crippen molar-refractivity contribution in [2.45, 2.75) is 33.0 Å². The molecule has 0 N–H and O–H groups in total. The average molecular weight is 499 g/mol. The third-order valence-electron chi connectivity index (χ3n) is 6.47. The van der Waals surface area contributed by atoms with Gasteiger partial charge < -0.3 is 0 Å². The van der Waals surface area contributed by atoms with E-state index >= 15 is 0 Å². The SMILES string of the molecule is C[Si](C)(C)C1(c2ccccc2)P(Cl)[C@]2(c3ccccc3)SC(=O)[C@@]1(c1ccccc1)S2. The normalized spacial score (nSPS) is 32.4. The molecule has 0 aromatic heterocycles. The van der Waals surface area contributed by atoms with E-state index < -0.39 is 28.7 Å². The molecular formula is C25H24ClOPS2Si. The Kier molecular flexibility index (Phi) is 5.27. The van der Waals surface area contributed by atoms with Gasteiger partial charge in [0.2, 0.25) is 5.12 Å². The first-order chi connectivity index (χ1) is 14.8. The van der Waals surface area contributed by atoms with Crippen molar-refractivity contribution in [1.29, 1.82) is 0 Å². The average Bonchev–Trinajstić information content (AvgIpc) is 3.23. The van der Waals surface area contributed by atoms with Gasteiger partial charge in [-0.05, 0) is 16.7 Å². The number of hydrogen-bond acceptors (Lipinski definition) is 3. The third kappa shape index (κ3) is 2.72. The summed E-state index contributed by atoms with van der Waals surface area (Å²) in [6, 6.07) is 31.5. The monoisotopic (exact) mass is 498 g/mol. The molecule has 5 rings (SSSR count). The van der Waals surface area contributed by atoms with Gasteiger partial charge in [-0.2, -0.15) is 0 Å². The smallest absolute Gasteiger partial charge is 0.212 e. The molecule has 0 aliphatic carbocycles. The summed E-state index contributed by atoms with van der Waals surface area (Å²) in [6.45, 7) is 7.17. The van der Waals surface area contributed by atoms with Crippen LogP contribution in [0.25, 0.3) is 0 Å². The summed E-state index contributed by atoms with van der Waals surface area (Å²) < 4.78 is -1.56. The zero-order valence-electron chi connectivity index (χ0n) is 17.7. The van der Waals surface area contributed by atoms with Crippen molar-refractivity contribution >= 4 is 55.2 Å². The number of rotatable bonds is 4. The fraction of sp³-hybridized carbons (Fsp3) is 0.240. The van der Waals surface area contributed by atoms with Gasteiger partial charge in [-0.1, -0.05) is 134 Å². The fourth-order valence-electron chi connectivity index (χ4n) is 5.32. The molecule has 0 saturated carbocycles. The molecule has 2 bridgehead atoms. The second kappa shape index (κ2) is 7.50. The van der Waals surface area contributed by atoms with Gasteiger partial charge in [0.05, 0.1) is 12.9 Å². The van der Waals surface area contributed by atoms with Gasteiger partial charge in [0, 0.05) is 7.27 Å². The summed E-state index contributed by atoms with van der Waals surface area (Å²) in [4.78, 5) is 14.2. The molecule has 1 nitrogen and oxygen atoms in total. The van der Waals surface area contributed by atoms with Gasteiger partial charge >= 0.3 is 0 Å². The molecule has 0 spiro atoms. The van der Waals surface area contributed by atoms with E-state index in [-0.39, 0.29) is 5.12 Å². The number of thioether (sulfide) groups is 2. The first kappa shape index (κ1) is 21.8. The van der Waals surface area contributed by atoms with Crippen LogP contribution in [0.15, 0.2) is 91.0 Å². The van der Waals surface area contributed by atoms with Gasteiger partial charge in [0.25, 0.3) is 0 Å². The topological polar surface area (TPSA) is 17.1 Å². The Morgan fingerprint density at radius 1 is 0.742 bits per heavy atom. The van der Waals surface area contributed by atoms with Crippen molar-refractivity contribution in [1.82, 2.24) is 0 Å². The first-order valence-corrected chi connectivity index (χ1v) is 17.7. The number of halogens is 1. The Morgan fingerprint density at radius 2 is 1.19 bits per heavy atom. The molecule has 2 saturated heterocycles. The maximum absolute atomic E-state index is 14.2. The minimum atomic E-state index is -2.07. The first-order valence-electron chi connectivity index (χ1n) is 10.4. The standard InChI is InChI=1S/C25H24ClOPS2Si/c1-31(2,3)24(20-15-9-5-10-16-20)23(19-13-7-4-8-14-19)22(27)29-25(30-23,28(24)26)21-17-11-6-12-18-21/h4-18H,1-3H3/t23-,24?,25-,28?/m1/s1. The Bertz CT molecular complexity index is 1120. The number of benzene rings is 3. The predicted octanol–water partition coefficient (Wildman–Crippen LogP) is 8.12. The second-order valence-corrected chi connectivity index (χ2v) is 21.2. The zero-order chi connectivity index (χ0) is 21.9. The van der Waals surface area contributed by atoms with Gasteiger partial charge in [-0.15, -0.1) is 11.8 Å². The van der Waals surface area contributed by atoms with Gasteiger partial charge in [-0.25, -0.2) is 0 Å². The van der Waals surface area contributed by atoms with Crippen LogP contribution in [0.1, 0.15) is 16.7 Å². The maximum Gasteiger partial charge on any atom is 0.212 e. The molecule has 3 aromatic rings. The molecule has 2 aliphatic heterocycles. The predicted molar refractivity (Wildman–Crippen MR) is 141 cm³/mol. The summed E-state index contributed by atoms with van der Waals surface area (Å²) in [7, 11) is -3.18. The van der Waals surface area contributed by atoms with Crippen LogP contribution >= 0.6 is 42.0 Å².